The summed E-state index contributed by atoms with van der Waals surface area (Å²) in [6.45, 7) is 4.44. The Morgan fingerprint density at radius 2 is 1.52 bits per heavy atom. The molecule has 0 spiro atoms. The first-order chi connectivity index (χ1) is 12.9. The van der Waals surface area contributed by atoms with Crippen LogP contribution in [-0.2, 0) is 23.6 Å². The van der Waals surface area contributed by atoms with Crippen molar-refractivity contribution in [3.05, 3.63) is 33.5 Å². The van der Waals surface area contributed by atoms with E-state index in [2.05, 4.69) is 25.3 Å². The highest BCUT2D eigenvalue weighted by Crippen LogP contribution is 2.45. The van der Waals surface area contributed by atoms with Crippen molar-refractivity contribution in [2.75, 3.05) is 0 Å². The predicted octanol–water partition coefficient (Wildman–Crippen LogP) is 7.40. The van der Waals surface area contributed by atoms with E-state index in [1.807, 2.05) is 6.07 Å². The quantitative estimate of drug-likeness (QED) is 0.258. The van der Waals surface area contributed by atoms with Crippen LogP contribution in [0.1, 0.15) is 81.2 Å². The molecule has 0 aromatic carbocycles. The molecule has 0 fully saturated rings. The molecule has 0 aliphatic heterocycles. The van der Waals surface area contributed by atoms with Crippen LogP contribution in [0.2, 0.25) is 0 Å². The third kappa shape index (κ3) is 7.83. The van der Waals surface area contributed by atoms with Gasteiger partial charge in [-0.2, -0.15) is 0 Å². The fraction of sp³-hybridized carbons (Fsp3) is 0.619. The molecule has 27 heavy (non-hydrogen) atoms. The third-order valence-electron chi connectivity index (χ3n) is 4.77. The molecule has 152 valence electrons. The summed E-state index contributed by atoms with van der Waals surface area (Å²) in [4.78, 5) is 22.2. The van der Waals surface area contributed by atoms with Crippen molar-refractivity contribution in [1.29, 1.82) is 0 Å². The summed E-state index contributed by atoms with van der Waals surface area (Å²) >= 11 is 3.36. The lowest BCUT2D eigenvalue weighted by Gasteiger charge is -2.06. The molecule has 0 saturated heterocycles. The van der Waals surface area contributed by atoms with Crippen LogP contribution in [-0.4, -0.2) is 9.79 Å². The monoisotopic (exact) mass is 428 g/mol. The minimum Gasteiger partial charge on any atom is -0.324 e. The minimum atomic E-state index is -4.03. The molecular weight excluding hydrogens is 395 g/mol. The summed E-state index contributed by atoms with van der Waals surface area (Å²) in [5.74, 6) is 0. The highest BCUT2D eigenvalue weighted by Gasteiger charge is 2.20. The van der Waals surface area contributed by atoms with Crippen LogP contribution in [0.4, 0.5) is 0 Å². The molecule has 2 heterocycles. The Hall–Kier alpha value is -0.450. The van der Waals surface area contributed by atoms with Gasteiger partial charge in [-0.3, -0.25) is 4.57 Å². The molecule has 0 atom stereocenters. The zero-order valence-corrected chi connectivity index (χ0v) is 19.1. The van der Waals surface area contributed by atoms with Crippen LogP contribution in [0.3, 0.4) is 0 Å². The van der Waals surface area contributed by atoms with Gasteiger partial charge in [0.15, 0.2) is 0 Å². The van der Waals surface area contributed by atoms with Crippen LogP contribution in [0.15, 0.2) is 17.5 Å². The predicted molar refractivity (Wildman–Crippen MR) is 119 cm³/mol. The van der Waals surface area contributed by atoms with Crippen LogP contribution in [0, 0.1) is 0 Å². The van der Waals surface area contributed by atoms with Crippen molar-refractivity contribution in [3.8, 4) is 9.75 Å². The molecule has 2 rings (SSSR count). The highest BCUT2D eigenvalue weighted by molar-refractivity contribution is 7.51. The van der Waals surface area contributed by atoms with Gasteiger partial charge >= 0.3 is 7.60 Å². The van der Waals surface area contributed by atoms with Gasteiger partial charge in [0, 0.05) is 14.6 Å². The Morgan fingerprint density at radius 3 is 2.11 bits per heavy atom. The standard InChI is InChI=1S/C21H33O3PS2/c1-3-5-7-9-11-17-13-14-26-20(17)21-18(12-10-8-6-4-2)15-19(27-21)16-25(22,23)24/h13-15H,3-12,16H2,1-2H3,(H2,22,23,24). The van der Waals surface area contributed by atoms with Crippen LogP contribution >= 0.6 is 30.3 Å². The molecule has 2 N–H and O–H groups in total. The Morgan fingerprint density at radius 1 is 0.889 bits per heavy atom. The molecule has 0 unspecified atom stereocenters. The van der Waals surface area contributed by atoms with Crippen LogP contribution in [0.5, 0.6) is 0 Å². The molecule has 0 amide bonds. The molecule has 0 aliphatic rings. The van der Waals surface area contributed by atoms with Gasteiger partial charge in [-0.15, -0.1) is 22.7 Å². The summed E-state index contributed by atoms with van der Waals surface area (Å²) in [6, 6.07) is 4.28. The van der Waals surface area contributed by atoms with E-state index in [0.717, 1.165) is 24.1 Å². The minimum absolute atomic E-state index is 0.142. The van der Waals surface area contributed by atoms with E-state index in [0.29, 0.717) is 0 Å². The molecule has 0 saturated carbocycles. The third-order valence-corrected chi connectivity index (χ3v) is 8.04. The normalized spacial score (nSPS) is 12.0. The molecule has 0 aliphatic carbocycles. The van der Waals surface area contributed by atoms with Crippen molar-refractivity contribution < 1.29 is 14.4 Å². The Balaban J connectivity index is 2.20. The second-order valence-corrected chi connectivity index (χ2v) is 11.0. The zero-order chi connectivity index (χ0) is 19.7. The maximum Gasteiger partial charge on any atom is 0.330 e. The van der Waals surface area contributed by atoms with Gasteiger partial charge in [-0.1, -0.05) is 52.4 Å². The average Bonchev–Trinajstić information content (AvgIpc) is 3.20. The number of hydrogen-bond acceptors (Lipinski definition) is 3. The van der Waals surface area contributed by atoms with Gasteiger partial charge in [0.1, 0.15) is 0 Å². The second kappa shape index (κ2) is 11.5. The number of unbranched alkanes of at least 4 members (excludes halogenated alkanes) is 6. The summed E-state index contributed by atoms with van der Waals surface area (Å²) < 4.78 is 11.5. The smallest absolute Gasteiger partial charge is 0.324 e. The summed E-state index contributed by atoms with van der Waals surface area (Å²) in [5, 5.41) is 2.16. The topological polar surface area (TPSA) is 57.5 Å². The molecule has 2 aromatic heterocycles. The molecule has 3 nitrogen and oxygen atoms in total. The van der Waals surface area contributed by atoms with Crippen molar-refractivity contribution in [3.63, 3.8) is 0 Å². The molecule has 0 radical (unpaired) electrons. The first kappa shape index (κ1) is 22.8. The SMILES string of the molecule is CCCCCCc1ccsc1-c1sc(CP(=O)(O)O)cc1CCCCCC. The fourth-order valence-electron chi connectivity index (χ4n) is 3.36. The van der Waals surface area contributed by atoms with Crippen molar-refractivity contribution in [2.45, 2.75) is 84.2 Å². The lowest BCUT2D eigenvalue weighted by Crippen LogP contribution is -1.89. The molecule has 2 aromatic rings. The largest absolute Gasteiger partial charge is 0.330 e. The van der Waals surface area contributed by atoms with E-state index < -0.39 is 7.60 Å². The summed E-state index contributed by atoms with van der Waals surface area (Å²) in [6.07, 6.45) is 11.8. The van der Waals surface area contributed by atoms with E-state index in [-0.39, 0.29) is 6.16 Å². The Kier molecular flexibility index (Phi) is 9.75. The van der Waals surface area contributed by atoms with Gasteiger partial charge in [-0.05, 0) is 54.3 Å². The second-order valence-electron chi connectivity index (χ2n) is 7.29. The summed E-state index contributed by atoms with van der Waals surface area (Å²) in [5.41, 5.74) is 2.67. The lowest BCUT2D eigenvalue weighted by molar-refractivity contribution is 0.372. The van der Waals surface area contributed by atoms with E-state index in [9.17, 15) is 14.4 Å². The fourth-order valence-corrected chi connectivity index (χ4v) is 6.80. The van der Waals surface area contributed by atoms with E-state index >= 15 is 0 Å². The van der Waals surface area contributed by atoms with Gasteiger partial charge in [0.2, 0.25) is 0 Å². The van der Waals surface area contributed by atoms with Crippen LogP contribution in [0.25, 0.3) is 9.75 Å². The molecular formula is C21H33O3PS2. The zero-order valence-electron chi connectivity index (χ0n) is 16.6. The maximum absolute atomic E-state index is 11.5. The number of hydrogen-bond donors (Lipinski definition) is 2. The van der Waals surface area contributed by atoms with Gasteiger partial charge < -0.3 is 9.79 Å². The highest BCUT2D eigenvalue weighted by atomic mass is 32.1. The molecule has 6 heteroatoms. The first-order valence-electron chi connectivity index (χ1n) is 10.2. The maximum atomic E-state index is 11.5. The lowest BCUT2D eigenvalue weighted by atomic mass is 10.0. The van der Waals surface area contributed by atoms with Crippen molar-refractivity contribution >= 4 is 30.3 Å². The van der Waals surface area contributed by atoms with E-state index in [1.54, 1.807) is 22.7 Å². The first-order valence-corrected chi connectivity index (χ1v) is 13.7. The Bertz CT molecular complexity index is 730. The number of rotatable bonds is 13. The summed E-state index contributed by atoms with van der Waals surface area (Å²) in [7, 11) is -4.03. The molecule has 0 bridgehead atoms. The van der Waals surface area contributed by atoms with Crippen molar-refractivity contribution in [2.24, 2.45) is 0 Å². The van der Waals surface area contributed by atoms with E-state index in [4.69, 9.17) is 0 Å². The number of aryl methyl sites for hydroxylation is 2. The van der Waals surface area contributed by atoms with Crippen molar-refractivity contribution in [1.82, 2.24) is 0 Å². The van der Waals surface area contributed by atoms with Gasteiger partial charge in [0.05, 0.1) is 6.16 Å². The van der Waals surface area contributed by atoms with Gasteiger partial charge in [-0.25, -0.2) is 0 Å². The van der Waals surface area contributed by atoms with E-state index in [1.165, 1.54) is 65.8 Å². The van der Waals surface area contributed by atoms with Crippen LogP contribution < -0.4 is 0 Å². The van der Waals surface area contributed by atoms with Gasteiger partial charge in [0.25, 0.3) is 0 Å². The number of thiophene rings is 2. The average molecular weight is 429 g/mol. The Labute approximate surface area is 172 Å².